The number of thiazole rings is 1. The van der Waals surface area contributed by atoms with Crippen LogP contribution in [0, 0.1) is 19.3 Å². The highest BCUT2D eigenvalue weighted by Gasteiger charge is 1.93. The summed E-state index contributed by atoms with van der Waals surface area (Å²) in [5.74, 6) is 2.48. The quantitative estimate of drug-likeness (QED) is 0.718. The molecule has 1 aromatic rings. The van der Waals surface area contributed by atoms with E-state index in [4.69, 9.17) is 6.42 Å². The molecule has 0 aliphatic heterocycles. The van der Waals surface area contributed by atoms with Gasteiger partial charge in [0.15, 0.2) is 5.13 Å². The summed E-state index contributed by atoms with van der Waals surface area (Å²) in [6, 6.07) is 0. The Hall–Kier alpha value is -0.720. The lowest BCUT2D eigenvalue weighted by Gasteiger charge is -1.91. The van der Waals surface area contributed by atoms with Gasteiger partial charge in [-0.3, -0.25) is 0 Å². The molecule has 4 heteroatoms. The largest absolute Gasteiger partial charge is 0.351 e. The topological polar surface area (TPSA) is 24.9 Å². The summed E-state index contributed by atoms with van der Waals surface area (Å²) in [5.41, 5.74) is 0. The first kappa shape index (κ1) is 10.3. The second-order valence-corrected chi connectivity index (χ2v) is 3.07. The van der Waals surface area contributed by atoms with Crippen LogP contribution in [0.2, 0.25) is 0 Å². The van der Waals surface area contributed by atoms with Crippen LogP contribution in [0.3, 0.4) is 0 Å². The van der Waals surface area contributed by atoms with E-state index >= 15 is 0 Å². The van der Waals surface area contributed by atoms with E-state index in [1.54, 1.807) is 11.3 Å². The van der Waals surface area contributed by atoms with Gasteiger partial charge in [0.25, 0.3) is 0 Å². The minimum Gasteiger partial charge on any atom is -0.351 e. The van der Waals surface area contributed by atoms with E-state index in [1.165, 1.54) is 4.88 Å². The van der Waals surface area contributed by atoms with Gasteiger partial charge in [-0.1, -0.05) is 5.92 Å². The Labute approximate surface area is 76.5 Å². The molecule has 0 radical (unpaired) electrons. The molecule has 0 saturated heterocycles. The minimum atomic E-state index is 0. The number of nitrogens with one attached hydrogen (secondary N) is 1. The molecule has 0 aliphatic carbocycles. The number of anilines is 1. The zero-order chi connectivity index (χ0) is 7.40. The fourth-order valence-corrected chi connectivity index (χ4v) is 1.22. The van der Waals surface area contributed by atoms with Crippen molar-refractivity contribution in [3.63, 3.8) is 0 Å². The number of rotatable bonds is 2. The predicted octanol–water partition coefficient (Wildman–Crippen LogP) is 1.92. The van der Waals surface area contributed by atoms with E-state index in [0.29, 0.717) is 6.54 Å². The lowest BCUT2D eigenvalue weighted by atomic mass is 10.6. The molecule has 1 heterocycles. The third-order valence-corrected chi connectivity index (χ3v) is 1.83. The third kappa shape index (κ3) is 3.26. The molecule has 60 valence electrons. The molecular formula is C7H9ClN2S. The van der Waals surface area contributed by atoms with Gasteiger partial charge < -0.3 is 5.32 Å². The van der Waals surface area contributed by atoms with Crippen molar-refractivity contribution in [2.45, 2.75) is 6.92 Å². The van der Waals surface area contributed by atoms with Crippen molar-refractivity contribution in [2.24, 2.45) is 0 Å². The highest BCUT2D eigenvalue weighted by atomic mass is 35.5. The molecular weight excluding hydrogens is 180 g/mol. The Morgan fingerprint density at radius 3 is 3.00 bits per heavy atom. The highest BCUT2D eigenvalue weighted by Crippen LogP contribution is 2.15. The molecule has 1 aromatic heterocycles. The third-order valence-electron chi connectivity index (χ3n) is 0.963. The Morgan fingerprint density at radius 1 is 1.82 bits per heavy atom. The average Bonchev–Trinajstić information content (AvgIpc) is 2.31. The average molecular weight is 189 g/mol. The van der Waals surface area contributed by atoms with Gasteiger partial charge in [0.1, 0.15) is 0 Å². The van der Waals surface area contributed by atoms with E-state index in [1.807, 2.05) is 13.1 Å². The summed E-state index contributed by atoms with van der Waals surface area (Å²) in [6.07, 6.45) is 6.87. The van der Waals surface area contributed by atoms with Crippen LogP contribution in [0.1, 0.15) is 4.88 Å². The highest BCUT2D eigenvalue weighted by molar-refractivity contribution is 7.15. The Balaban J connectivity index is 0.000001000. The molecule has 0 spiro atoms. The molecule has 11 heavy (non-hydrogen) atoms. The van der Waals surface area contributed by atoms with E-state index in [2.05, 4.69) is 16.2 Å². The Kier molecular flexibility index (Phi) is 4.67. The van der Waals surface area contributed by atoms with Crippen LogP contribution in [0.5, 0.6) is 0 Å². The zero-order valence-corrected chi connectivity index (χ0v) is 7.76. The molecule has 0 saturated carbocycles. The van der Waals surface area contributed by atoms with Gasteiger partial charge in [-0.25, -0.2) is 4.98 Å². The van der Waals surface area contributed by atoms with Gasteiger partial charge in [0.2, 0.25) is 0 Å². The summed E-state index contributed by atoms with van der Waals surface area (Å²) >= 11 is 1.61. The van der Waals surface area contributed by atoms with E-state index in [0.717, 1.165) is 5.13 Å². The number of hydrogen-bond acceptors (Lipinski definition) is 3. The predicted molar refractivity (Wildman–Crippen MR) is 51.4 cm³/mol. The monoisotopic (exact) mass is 188 g/mol. The van der Waals surface area contributed by atoms with Crippen LogP contribution in [-0.2, 0) is 0 Å². The normalized spacial score (nSPS) is 8.00. The van der Waals surface area contributed by atoms with Gasteiger partial charge in [0, 0.05) is 11.1 Å². The number of halogens is 1. The van der Waals surface area contributed by atoms with Crippen LogP contribution in [-0.4, -0.2) is 11.5 Å². The lowest BCUT2D eigenvalue weighted by Crippen LogP contribution is -1.96. The van der Waals surface area contributed by atoms with Gasteiger partial charge >= 0.3 is 0 Å². The summed E-state index contributed by atoms with van der Waals surface area (Å²) in [7, 11) is 0. The van der Waals surface area contributed by atoms with Crippen molar-refractivity contribution in [2.75, 3.05) is 11.9 Å². The number of hydrogen-bond donors (Lipinski definition) is 1. The van der Waals surface area contributed by atoms with Crippen LogP contribution in [0.4, 0.5) is 5.13 Å². The molecule has 0 amide bonds. The maximum Gasteiger partial charge on any atom is 0.183 e. The summed E-state index contributed by atoms with van der Waals surface area (Å²) < 4.78 is 0. The first-order valence-corrected chi connectivity index (χ1v) is 3.74. The van der Waals surface area contributed by atoms with Crippen molar-refractivity contribution in [1.82, 2.24) is 4.98 Å². The number of aromatic nitrogens is 1. The molecule has 0 aromatic carbocycles. The summed E-state index contributed by atoms with van der Waals surface area (Å²) in [6.45, 7) is 2.56. The fraction of sp³-hybridized carbons (Fsp3) is 0.286. The standard InChI is InChI=1S/C7H8N2S.ClH/c1-3-4-8-7-9-5-6(2)10-7;/h1,5H,4H2,2H3,(H,8,9);1H. The van der Waals surface area contributed by atoms with Crippen LogP contribution < -0.4 is 5.32 Å². The van der Waals surface area contributed by atoms with Crippen molar-refractivity contribution in [3.05, 3.63) is 11.1 Å². The van der Waals surface area contributed by atoms with Crippen molar-refractivity contribution < 1.29 is 0 Å². The van der Waals surface area contributed by atoms with E-state index in [9.17, 15) is 0 Å². The second kappa shape index (κ2) is 5.00. The van der Waals surface area contributed by atoms with Gasteiger partial charge in [0.05, 0.1) is 6.54 Å². The second-order valence-electron chi connectivity index (χ2n) is 1.83. The van der Waals surface area contributed by atoms with Crippen molar-refractivity contribution in [1.29, 1.82) is 0 Å². The maximum absolute atomic E-state index is 5.05. The first-order valence-electron chi connectivity index (χ1n) is 2.92. The van der Waals surface area contributed by atoms with Crippen molar-refractivity contribution >= 4 is 28.9 Å². The number of terminal acetylenes is 1. The number of nitrogens with zero attached hydrogens (tertiary/aromatic N) is 1. The SMILES string of the molecule is C#CCNc1ncc(C)s1.Cl. The van der Waals surface area contributed by atoms with Gasteiger partial charge in [-0.05, 0) is 6.92 Å². The summed E-state index contributed by atoms with van der Waals surface area (Å²) in [4.78, 5) is 5.26. The fourth-order valence-electron chi connectivity index (χ4n) is 0.563. The summed E-state index contributed by atoms with van der Waals surface area (Å²) in [5, 5.41) is 3.88. The molecule has 0 fully saturated rings. The van der Waals surface area contributed by atoms with Gasteiger partial charge in [-0.15, -0.1) is 30.2 Å². The molecule has 1 rings (SSSR count). The first-order chi connectivity index (χ1) is 4.83. The number of aryl methyl sites for hydroxylation is 1. The van der Waals surface area contributed by atoms with Crippen LogP contribution in [0.25, 0.3) is 0 Å². The van der Waals surface area contributed by atoms with Crippen LogP contribution >= 0.6 is 23.7 Å². The molecule has 0 aliphatic rings. The maximum atomic E-state index is 5.05. The minimum absolute atomic E-state index is 0. The zero-order valence-electron chi connectivity index (χ0n) is 6.13. The Morgan fingerprint density at radius 2 is 2.55 bits per heavy atom. The molecule has 2 nitrogen and oxygen atoms in total. The van der Waals surface area contributed by atoms with Crippen LogP contribution in [0.15, 0.2) is 6.20 Å². The molecule has 0 atom stereocenters. The molecule has 1 N–H and O–H groups in total. The molecule has 0 unspecified atom stereocenters. The van der Waals surface area contributed by atoms with Gasteiger partial charge in [-0.2, -0.15) is 0 Å². The molecule has 0 bridgehead atoms. The Bertz CT molecular complexity index is 251. The lowest BCUT2D eigenvalue weighted by molar-refractivity contribution is 1.30. The smallest absolute Gasteiger partial charge is 0.183 e. The van der Waals surface area contributed by atoms with E-state index < -0.39 is 0 Å². The van der Waals surface area contributed by atoms with E-state index in [-0.39, 0.29) is 12.4 Å². The van der Waals surface area contributed by atoms with Crippen molar-refractivity contribution in [3.8, 4) is 12.3 Å².